The highest BCUT2D eigenvalue weighted by Crippen LogP contribution is 2.33. The van der Waals surface area contributed by atoms with Gasteiger partial charge in [-0.25, -0.2) is 4.68 Å². The van der Waals surface area contributed by atoms with Gasteiger partial charge in [0.2, 0.25) is 5.82 Å². The first-order valence-electron chi connectivity index (χ1n) is 10.0. The first-order chi connectivity index (χ1) is 15.3. The number of para-hydroxylation sites is 1. The summed E-state index contributed by atoms with van der Waals surface area (Å²) in [5.41, 5.74) is 3.11. The maximum absolute atomic E-state index is 6.09. The van der Waals surface area contributed by atoms with Gasteiger partial charge in [-0.05, 0) is 36.8 Å². The molecule has 9 heteroatoms. The molecule has 0 bridgehead atoms. The number of hydrogen-bond donors (Lipinski definition) is 0. The van der Waals surface area contributed by atoms with Gasteiger partial charge >= 0.3 is 0 Å². The molecule has 0 fully saturated rings. The highest BCUT2D eigenvalue weighted by atomic mass is 16.5. The number of benzene rings is 2. The van der Waals surface area contributed by atoms with E-state index < -0.39 is 0 Å². The second-order valence-corrected chi connectivity index (χ2v) is 7.00. The molecule has 4 aromatic rings. The van der Waals surface area contributed by atoms with Crippen molar-refractivity contribution >= 4 is 0 Å². The normalized spacial score (nSPS) is 15.5. The predicted octanol–water partition coefficient (Wildman–Crippen LogP) is 3.67. The molecule has 1 aliphatic rings. The molecule has 9 nitrogen and oxygen atoms in total. The molecule has 0 saturated heterocycles. The molecule has 0 N–H and O–H groups in total. The fourth-order valence-corrected chi connectivity index (χ4v) is 3.58. The average molecular weight is 419 g/mol. The highest BCUT2D eigenvalue weighted by Gasteiger charge is 2.28. The Kier molecular flexibility index (Phi) is 5.09. The first-order valence-corrected chi connectivity index (χ1v) is 10.0. The van der Waals surface area contributed by atoms with E-state index in [-0.39, 0.29) is 6.10 Å². The molecule has 2 aromatic heterocycles. The van der Waals surface area contributed by atoms with Crippen molar-refractivity contribution in [1.82, 2.24) is 25.1 Å². The lowest BCUT2D eigenvalue weighted by Crippen LogP contribution is -2.22. The van der Waals surface area contributed by atoms with Crippen LogP contribution < -0.4 is 9.47 Å². The maximum Gasteiger partial charge on any atom is 0.280 e. The lowest BCUT2D eigenvalue weighted by atomic mass is 10.1. The van der Waals surface area contributed by atoms with E-state index in [2.05, 4.69) is 20.5 Å². The van der Waals surface area contributed by atoms with E-state index in [0.717, 1.165) is 22.6 Å². The zero-order chi connectivity index (χ0) is 21.2. The van der Waals surface area contributed by atoms with Crippen LogP contribution in [0.1, 0.15) is 24.3 Å². The monoisotopic (exact) mass is 419 g/mol. The van der Waals surface area contributed by atoms with Crippen LogP contribution in [-0.2, 0) is 17.9 Å². The van der Waals surface area contributed by atoms with Crippen LogP contribution in [0, 0.1) is 0 Å². The molecule has 0 saturated carbocycles. The number of aromatic nitrogens is 5. The molecule has 5 rings (SSSR count). The minimum atomic E-state index is -0.145. The SMILES string of the molecule is CCOc1ccccc1-c1noc(-c2nnn3c2CO[C@H](c2cccc(OC)c2)C3)n1. The van der Waals surface area contributed by atoms with Crippen molar-refractivity contribution in [2.45, 2.75) is 26.2 Å². The van der Waals surface area contributed by atoms with Crippen LogP contribution in [0.4, 0.5) is 0 Å². The summed E-state index contributed by atoms with van der Waals surface area (Å²) in [6, 6.07) is 15.4. The molecule has 0 aliphatic carbocycles. The summed E-state index contributed by atoms with van der Waals surface area (Å²) in [5, 5.41) is 12.7. The lowest BCUT2D eigenvalue weighted by molar-refractivity contribution is -0.00127. The van der Waals surface area contributed by atoms with E-state index >= 15 is 0 Å². The van der Waals surface area contributed by atoms with Crippen molar-refractivity contribution in [3.63, 3.8) is 0 Å². The van der Waals surface area contributed by atoms with Crippen molar-refractivity contribution in [3.8, 4) is 34.5 Å². The second-order valence-electron chi connectivity index (χ2n) is 7.00. The molecule has 0 unspecified atom stereocenters. The van der Waals surface area contributed by atoms with Gasteiger partial charge < -0.3 is 18.7 Å². The average Bonchev–Trinajstić information content (AvgIpc) is 3.46. The summed E-state index contributed by atoms with van der Waals surface area (Å²) < 4.78 is 24.4. The molecule has 2 aromatic carbocycles. The molecular weight excluding hydrogens is 398 g/mol. The van der Waals surface area contributed by atoms with Crippen molar-refractivity contribution in [3.05, 3.63) is 59.8 Å². The topological polar surface area (TPSA) is 97.3 Å². The standard InChI is InChI=1S/C22H21N5O4/c1-3-29-18-10-5-4-9-16(18)21-23-22(31-25-21)20-17-13-30-19(12-27(17)26-24-20)14-7-6-8-15(11-14)28-2/h4-11,19H,3,12-13H2,1-2H3/t19-/m0/s1. The van der Waals surface area contributed by atoms with Gasteiger partial charge in [0.1, 0.15) is 17.6 Å². The van der Waals surface area contributed by atoms with Gasteiger partial charge in [0.15, 0.2) is 5.69 Å². The Bertz CT molecular complexity index is 1200. The van der Waals surface area contributed by atoms with E-state index in [1.165, 1.54) is 0 Å². The van der Waals surface area contributed by atoms with Crippen molar-refractivity contribution in [2.75, 3.05) is 13.7 Å². The van der Waals surface area contributed by atoms with E-state index in [9.17, 15) is 0 Å². The molecule has 0 radical (unpaired) electrons. The largest absolute Gasteiger partial charge is 0.497 e. The zero-order valence-corrected chi connectivity index (χ0v) is 17.2. The smallest absolute Gasteiger partial charge is 0.280 e. The summed E-state index contributed by atoms with van der Waals surface area (Å²) in [4.78, 5) is 4.53. The summed E-state index contributed by atoms with van der Waals surface area (Å²) in [6.45, 7) is 3.34. The Morgan fingerprint density at radius 2 is 2.06 bits per heavy atom. The zero-order valence-electron chi connectivity index (χ0n) is 17.2. The number of hydrogen-bond acceptors (Lipinski definition) is 8. The lowest BCUT2D eigenvalue weighted by Gasteiger charge is -2.24. The van der Waals surface area contributed by atoms with Gasteiger partial charge in [-0.15, -0.1) is 5.10 Å². The van der Waals surface area contributed by atoms with E-state index in [1.54, 1.807) is 7.11 Å². The number of nitrogens with zero attached hydrogens (tertiary/aromatic N) is 5. The van der Waals surface area contributed by atoms with Gasteiger partial charge in [-0.3, -0.25) is 0 Å². The van der Waals surface area contributed by atoms with E-state index in [1.807, 2.05) is 60.1 Å². The van der Waals surface area contributed by atoms with Crippen LogP contribution in [0.25, 0.3) is 23.0 Å². The third-order valence-electron chi connectivity index (χ3n) is 5.12. The minimum absolute atomic E-state index is 0.145. The Labute approximate surface area is 178 Å². The van der Waals surface area contributed by atoms with Crippen molar-refractivity contribution in [1.29, 1.82) is 0 Å². The molecule has 158 valence electrons. The van der Waals surface area contributed by atoms with E-state index in [0.29, 0.717) is 42.9 Å². The first kappa shape index (κ1) is 19.3. The molecule has 1 aliphatic heterocycles. The highest BCUT2D eigenvalue weighted by molar-refractivity contribution is 5.65. The van der Waals surface area contributed by atoms with Gasteiger partial charge in [0, 0.05) is 0 Å². The molecule has 31 heavy (non-hydrogen) atoms. The third kappa shape index (κ3) is 3.64. The second kappa shape index (κ2) is 8.19. The van der Waals surface area contributed by atoms with Gasteiger partial charge in [-0.2, -0.15) is 4.98 Å². The molecular formula is C22H21N5O4. The van der Waals surface area contributed by atoms with Crippen LogP contribution in [0.15, 0.2) is 53.1 Å². The van der Waals surface area contributed by atoms with Crippen LogP contribution >= 0.6 is 0 Å². The van der Waals surface area contributed by atoms with Crippen LogP contribution in [0.5, 0.6) is 11.5 Å². The molecule has 0 spiro atoms. The summed E-state index contributed by atoms with van der Waals surface area (Å²) in [6.07, 6.45) is -0.145. The van der Waals surface area contributed by atoms with Crippen LogP contribution in [0.2, 0.25) is 0 Å². The minimum Gasteiger partial charge on any atom is -0.497 e. The Morgan fingerprint density at radius 1 is 1.16 bits per heavy atom. The van der Waals surface area contributed by atoms with Crippen molar-refractivity contribution < 1.29 is 18.7 Å². The number of fused-ring (bicyclic) bond motifs is 1. The number of ether oxygens (including phenoxy) is 3. The fraction of sp³-hybridized carbons (Fsp3) is 0.273. The summed E-state index contributed by atoms with van der Waals surface area (Å²) >= 11 is 0. The van der Waals surface area contributed by atoms with Crippen molar-refractivity contribution in [2.24, 2.45) is 0 Å². The van der Waals surface area contributed by atoms with Gasteiger partial charge in [0.25, 0.3) is 5.89 Å². The van der Waals surface area contributed by atoms with E-state index in [4.69, 9.17) is 18.7 Å². The Balaban J connectivity index is 1.41. The molecule has 0 amide bonds. The van der Waals surface area contributed by atoms with Gasteiger partial charge in [-0.1, -0.05) is 34.6 Å². The Morgan fingerprint density at radius 3 is 2.94 bits per heavy atom. The predicted molar refractivity (Wildman–Crippen MR) is 110 cm³/mol. The third-order valence-corrected chi connectivity index (χ3v) is 5.12. The molecule has 1 atom stereocenters. The fourth-order valence-electron chi connectivity index (χ4n) is 3.58. The molecule has 3 heterocycles. The summed E-state index contributed by atoms with van der Waals surface area (Å²) in [7, 11) is 1.65. The maximum atomic E-state index is 6.09. The Hall–Kier alpha value is -3.72. The number of methoxy groups -OCH3 is 1. The van der Waals surface area contributed by atoms with Crippen LogP contribution in [-0.4, -0.2) is 38.9 Å². The van der Waals surface area contributed by atoms with Gasteiger partial charge in [0.05, 0.1) is 38.1 Å². The summed E-state index contributed by atoms with van der Waals surface area (Å²) in [5.74, 6) is 2.22. The quantitative estimate of drug-likeness (QED) is 0.467. The van der Waals surface area contributed by atoms with Crippen LogP contribution in [0.3, 0.4) is 0 Å². The number of rotatable bonds is 6.